The second-order valence-corrected chi connectivity index (χ2v) is 24.6. The first kappa shape index (κ1) is 66.8. The Morgan fingerprint density at radius 1 is 0.442 bits per heavy atom. The molecule has 440 valence electrons. The van der Waals surface area contributed by atoms with Crippen molar-refractivity contribution in [3.63, 3.8) is 0 Å². The van der Waals surface area contributed by atoms with Crippen LogP contribution in [0.3, 0.4) is 0 Å². The summed E-state index contributed by atoms with van der Waals surface area (Å²) in [7, 11) is 0. The van der Waals surface area contributed by atoms with E-state index in [4.69, 9.17) is 0 Å². The summed E-state index contributed by atoms with van der Waals surface area (Å²) >= 11 is 14.3. The number of hydrogen-bond acceptors (Lipinski definition) is 6. The molecule has 2 fully saturated rings. The van der Waals surface area contributed by atoms with Crippen molar-refractivity contribution in [1.29, 1.82) is 0 Å². The number of piperidine rings is 2. The number of carbonyl (C=O) groups excluding carboxylic acids is 1. The number of benzene rings is 6. The molecule has 0 spiro atoms. The van der Waals surface area contributed by atoms with Gasteiger partial charge in [0.05, 0.1) is 10.2 Å². The van der Waals surface area contributed by atoms with Gasteiger partial charge in [0.1, 0.15) is 10.4 Å². The third-order valence-electron chi connectivity index (χ3n) is 16.7. The number of nitrogens with one attached hydrogen (secondary N) is 2. The minimum atomic E-state index is 0.378. The van der Waals surface area contributed by atoms with Gasteiger partial charge >= 0.3 is 30.0 Å². The Kier molecular flexibility index (Phi) is 28.8. The largest absolute Gasteiger partial charge is 0.313 e. The number of fused-ring (bicyclic) bond motifs is 10. The molecule has 2 unspecified atom stereocenters. The fraction of sp³-hybridized carbons (Fsp3) is 0.293. The van der Waals surface area contributed by atoms with Crippen LogP contribution < -0.4 is 10.6 Å². The zero-order valence-electron chi connectivity index (χ0n) is 49.4. The van der Waals surface area contributed by atoms with Gasteiger partial charge in [-0.2, -0.15) is 6.42 Å². The number of aromatic nitrogens is 3. The van der Waals surface area contributed by atoms with Crippen molar-refractivity contribution in [3.05, 3.63) is 295 Å². The predicted octanol–water partition coefficient (Wildman–Crippen LogP) is 18.7. The average molecular weight is 1450 g/mol. The van der Waals surface area contributed by atoms with Crippen LogP contribution in [0.25, 0.3) is 11.1 Å². The molecule has 4 aliphatic carbocycles. The summed E-state index contributed by atoms with van der Waals surface area (Å²) in [6.45, 7) is 6.21. The molecule has 5 heterocycles. The van der Waals surface area contributed by atoms with Gasteiger partial charge in [-0.3, -0.25) is 14.8 Å². The van der Waals surface area contributed by atoms with Crippen LogP contribution in [-0.2, 0) is 78.9 Å². The van der Waals surface area contributed by atoms with Gasteiger partial charge in [-0.15, -0.1) is 0 Å². The molecule has 0 radical (unpaired) electrons. The smallest absolute Gasteiger partial charge is 0.0485 e. The number of ketones is 1. The molecule has 0 amide bonds. The van der Waals surface area contributed by atoms with Crippen LogP contribution in [0.4, 0.5) is 0 Å². The first-order valence-electron chi connectivity index (χ1n) is 30.5. The van der Waals surface area contributed by atoms with Gasteiger partial charge in [0, 0.05) is 59.2 Å². The van der Waals surface area contributed by atoms with Crippen LogP contribution in [-0.4, -0.2) is 45.9 Å². The number of rotatable bonds is 4. The van der Waals surface area contributed by atoms with Crippen LogP contribution in [0.15, 0.2) is 226 Å². The fourth-order valence-electron chi connectivity index (χ4n) is 12.3. The molecule has 6 aliphatic rings. The second kappa shape index (κ2) is 37.0. The second-order valence-electron chi connectivity index (χ2n) is 22.2. The van der Waals surface area contributed by atoms with E-state index in [-0.39, 0.29) is 0 Å². The Morgan fingerprint density at radius 3 is 1.50 bits per heavy atom. The van der Waals surface area contributed by atoms with Gasteiger partial charge < -0.3 is 17.6 Å². The van der Waals surface area contributed by atoms with Crippen LogP contribution in [0.1, 0.15) is 118 Å². The number of pyridine rings is 3. The number of carbonyl (C=O) groups is 1. The zero-order chi connectivity index (χ0) is 60.1. The third kappa shape index (κ3) is 20.5. The molecule has 11 heteroatoms. The van der Waals surface area contributed by atoms with Crippen LogP contribution >= 0.6 is 61.4 Å². The van der Waals surface area contributed by atoms with Crippen molar-refractivity contribution < 1.29 is 21.1 Å². The van der Waals surface area contributed by atoms with E-state index in [1.807, 2.05) is 85.2 Å². The molecule has 4 atom stereocenters. The molecule has 3 aromatic heterocycles. The maximum absolute atomic E-state index is 11.0. The maximum atomic E-state index is 11.0. The third-order valence-corrected chi connectivity index (χ3v) is 19.2. The fourth-order valence-corrected chi connectivity index (χ4v) is 13.3. The topological polar surface area (TPSA) is 79.8 Å². The van der Waals surface area contributed by atoms with Gasteiger partial charge in [0.2, 0.25) is 0 Å². The van der Waals surface area contributed by atoms with Crippen molar-refractivity contribution in [2.75, 3.05) is 13.1 Å². The van der Waals surface area contributed by atoms with Crippen molar-refractivity contribution in [1.82, 2.24) is 25.6 Å². The Labute approximate surface area is 554 Å². The Balaban J connectivity index is 0.000000131. The molecule has 0 saturated carbocycles. The van der Waals surface area contributed by atoms with Gasteiger partial charge in [0.25, 0.3) is 0 Å². The number of aryl methyl sites for hydroxylation is 7. The Bertz CT molecular complexity index is 3320. The Hall–Kier alpha value is -5.10. The predicted molar refractivity (Wildman–Crippen MR) is 367 cm³/mol. The first-order valence-corrected chi connectivity index (χ1v) is 39.9. The quantitative estimate of drug-likeness (QED) is 0.104. The molecule has 2 N–H and O–H groups in total. The summed E-state index contributed by atoms with van der Waals surface area (Å²) in [5, 5.41) is 7.32. The summed E-state index contributed by atoms with van der Waals surface area (Å²) in [6.07, 6.45) is 23.5. The molecular formula is C75H79Br4N5OZn. The van der Waals surface area contributed by atoms with Crippen molar-refractivity contribution in [2.45, 2.75) is 127 Å². The first-order chi connectivity index (χ1) is 42.3. The molecule has 2 saturated heterocycles. The minimum absolute atomic E-state index is 0.378. The molecule has 15 rings (SSSR count). The Morgan fingerprint density at radius 2 is 0.930 bits per heavy atom. The van der Waals surface area contributed by atoms with Crippen molar-refractivity contribution in [3.8, 4) is 11.1 Å². The molecule has 0 bridgehead atoms. The molecule has 9 aromatic rings. The van der Waals surface area contributed by atoms with E-state index < -0.39 is 0 Å². The van der Waals surface area contributed by atoms with Crippen molar-refractivity contribution >= 4 is 67.2 Å². The molecule has 2 aliphatic heterocycles. The SMILES string of the molecule is Brc1cccnc1Br.Brc1cccnc1CCc1ccccc1.O=C1CCc2ccccc2C1.[CH2-]Cc1ccccc1.[Zn+][Br].c1ccc2c(c1)CC[C@@H]1NCCCC21.c1ccc2c(c1)CC[C@H]1NCCCC21.c1ccc2c(c1)CCc1ncccc1-2. The summed E-state index contributed by atoms with van der Waals surface area (Å²) in [6, 6.07) is 69.0. The van der Waals surface area contributed by atoms with Crippen LogP contribution in [0, 0.1) is 6.92 Å². The number of hydrogen-bond donors (Lipinski definition) is 2. The number of Topliss-reactive ketones (excluding diaryl/α,β-unsaturated/α-hetero) is 1. The molecule has 6 nitrogen and oxygen atoms in total. The normalized spacial score (nSPS) is 17.7. The van der Waals surface area contributed by atoms with E-state index in [9.17, 15) is 4.79 Å². The van der Waals surface area contributed by atoms with E-state index in [0.29, 0.717) is 12.2 Å². The van der Waals surface area contributed by atoms with Gasteiger partial charge in [-0.25, -0.2) is 4.98 Å². The van der Waals surface area contributed by atoms with Crippen LogP contribution in [0.2, 0.25) is 0 Å². The number of nitrogens with zero attached hydrogens (tertiary/aromatic N) is 3. The molecule has 6 aromatic carbocycles. The van der Waals surface area contributed by atoms with Crippen LogP contribution in [0.5, 0.6) is 0 Å². The van der Waals surface area contributed by atoms with E-state index in [0.717, 1.165) is 88.1 Å². The maximum Gasteiger partial charge on any atom is 0.0485 e. The summed E-state index contributed by atoms with van der Waals surface area (Å²) in [4.78, 5) is 23.7. The van der Waals surface area contributed by atoms with Gasteiger partial charge in [-0.1, -0.05) is 169 Å². The van der Waals surface area contributed by atoms with Gasteiger partial charge in [-0.05, 0) is 237 Å². The van der Waals surface area contributed by atoms with E-state index >= 15 is 0 Å². The molecular weight excluding hydrogens is 1370 g/mol. The molecule has 86 heavy (non-hydrogen) atoms. The standard InChI is InChI=1S/C13H12BrN.2C13H17N.C13H11N.C10H10O.C8H9.C5H3Br2N.BrH.Zn/c14-12-7-4-10-15-13(12)9-8-11-5-2-1-3-6-11;3*1-2-5-11-10(4-1)7-8-13-12(11)6-3-9-14-13;11-10-6-5-8-3-1-2-4-9(8)7-10;1-2-8-6-4-3-5-7-8;6-4-2-1-3-8-5(4)7;;/h1-7,10H,8-9H2;2*1-2,4-5,12-14H,3,6-9H2;1-6,9H,7-8H2;1-4H,5-7H2;3-7H,1-2H2;1-3H;1H;/q;;;;;-1;;;+2/p-1/t;2*12?,13-;;;;;;/m.10....../s1. The summed E-state index contributed by atoms with van der Waals surface area (Å²) in [5.41, 5.74) is 18.2. The average Bonchev–Trinajstić information content (AvgIpc) is 2.84. The number of halogens is 4. The summed E-state index contributed by atoms with van der Waals surface area (Å²) in [5.74, 6) is 1.98. The van der Waals surface area contributed by atoms with E-state index in [2.05, 4.69) is 215 Å². The minimum Gasteiger partial charge on any atom is -0.313 e. The van der Waals surface area contributed by atoms with Gasteiger partial charge in [0.15, 0.2) is 0 Å². The zero-order valence-corrected chi connectivity index (χ0v) is 58.7. The monoisotopic (exact) mass is 1450 g/mol. The summed E-state index contributed by atoms with van der Waals surface area (Å²) < 4.78 is 2.93. The van der Waals surface area contributed by atoms with E-state index in [1.54, 1.807) is 28.5 Å². The van der Waals surface area contributed by atoms with E-state index in [1.165, 1.54) is 125 Å². The van der Waals surface area contributed by atoms with Crippen molar-refractivity contribution in [2.24, 2.45) is 0 Å².